The van der Waals surface area contributed by atoms with E-state index in [2.05, 4.69) is 15.9 Å². The van der Waals surface area contributed by atoms with Crippen LogP contribution >= 0.6 is 15.9 Å². The molecule has 0 saturated carbocycles. The molecule has 0 amide bonds. The van der Waals surface area contributed by atoms with Crippen LogP contribution in [0.5, 0.6) is 0 Å². The first-order valence-corrected chi connectivity index (χ1v) is 6.36. The van der Waals surface area contributed by atoms with Gasteiger partial charge in [-0.1, -0.05) is 15.9 Å². The van der Waals surface area contributed by atoms with Crippen molar-refractivity contribution in [3.8, 4) is 0 Å². The van der Waals surface area contributed by atoms with Gasteiger partial charge in [0.25, 0.3) is 0 Å². The quantitative estimate of drug-likeness (QED) is 0.542. The van der Waals surface area contributed by atoms with Crippen molar-refractivity contribution < 1.29 is 26.7 Å². The van der Waals surface area contributed by atoms with E-state index in [0.29, 0.717) is 6.07 Å². The molecular weight excluding hydrogens is 359 g/mol. The van der Waals surface area contributed by atoms with Gasteiger partial charge in [0, 0.05) is 16.1 Å². The first-order valence-electron chi connectivity index (χ1n) is 5.56. The third-order valence-corrected chi connectivity index (χ3v) is 3.20. The molecule has 2 aromatic carbocycles. The number of ketones is 1. The summed E-state index contributed by atoms with van der Waals surface area (Å²) in [5.74, 6) is -3.29. The largest absolute Gasteiger partial charge is 0.417 e. The lowest BCUT2D eigenvalue weighted by Gasteiger charge is -2.13. The molecule has 0 fully saturated rings. The molecule has 0 radical (unpaired) electrons. The Balaban J connectivity index is 2.59. The Hall–Kier alpha value is -1.76. The van der Waals surface area contributed by atoms with Crippen molar-refractivity contribution in [2.45, 2.75) is 6.18 Å². The lowest BCUT2D eigenvalue weighted by Crippen LogP contribution is -2.15. The molecule has 0 heterocycles. The molecule has 0 aliphatic carbocycles. The highest BCUT2D eigenvalue weighted by atomic mass is 79.9. The van der Waals surface area contributed by atoms with Crippen LogP contribution in [0, 0.1) is 11.6 Å². The maximum atomic E-state index is 13.5. The predicted molar refractivity (Wildman–Crippen MR) is 68.9 cm³/mol. The molecule has 7 heteroatoms. The summed E-state index contributed by atoms with van der Waals surface area (Å²) in [6, 6.07) is 4.98. The average Bonchev–Trinajstić information content (AvgIpc) is 2.37. The van der Waals surface area contributed by atoms with E-state index < -0.39 is 40.3 Å². The zero-order valence-corrected chi connectivity index (χ0v) is 11.7. The summed E-state index contributed by atoms with van der Waals surface area (Å²) < 4.78 is 65.3. The Kier molecular flexibility index (Phi) is 4.13. The Bertz CT molecular complexity index is 709. The Morgan fingerprint density at radius 1 is 0.952 bits per heavy atom. The maximum Gasteiger partial charge on any atom is 0.417 e. The van der Waals surface area contributed by atoms with Gasteiger partial charge in [-0.15, -0.1) is 0 Å². The molecule has 110 valence electrons. The van der Waals surface area contributed by atoms with Crippen LogP contribution in [0.25, 0.3) is 0 Å². The fourth-order valence-electron chi connectivity index (χ4n) is 1.77. The second-order valence-electron chi connectivity index (χ2n) is 4.14. The standard InChI is InChI=1S/C14H6BrF5O/c15-7-1-3-9(11(5-7)14(18,19)20)13(21)10-4-2-8(16)6-12(10)17/h1-6H. The van der Waals surface area contributed by atoms with Gasteiger partial charge < -0.3 is 0 Å². The summed E-state index contributed by atoms with van der Waals surface area (Å²) in [7, 11) is 0. The van der Waals surface area contributed by atoms with Crippen LogP contribution in [0.15, 0.2) is 40.9 Å². The van der Waals surface area contributed by atoms with E-state index in [0.717, 1.165) is 24.3 Å². The molecule has 0 bridgehead atoms. The number of halogens is 6. The van der Waals surface area contributed by atoms with Crippen LogP contribution in [0.3, 0.4) is 0 Å². The number of benzene rings is 2. The lowest BCUT2D eigenvalue weighted by atomic mass is 9.97. The third-order valence-electron chi connectivity index (χ3n) is 2.71. The van der Waals surface area contributed by atoms with Crippen molar-refractivity contribution in [2.75, 3.05) is 0 Å². The molecule has 0 saturated heterocycles. The predicted octanol–water partition coefficient (Wildman–Crippen LogP) is 4.98. The highest BCUT2D eigenvalue weighted by Crippen LogP contribution is 2.35. The normalized spacial score (nSPS) is 11.5. The molecule has 21 heavy (non-hydrogen) atoms. The molecule has 0 aliphatic heterocycles. The molecule has 2 aromatic rings. The second-order valence-corrected chi connectivity index (χ2v) is 5.06. The molecule has 0 aromatic heterocycles. The van der Waals surface area contributed by atoms with Gasteiger partial charge >= 0.3 is 6.18 Å². The van der Waals surface area contributed by atoms with Crippen LogP contribution in [-0.2, 0) is 6.18 Å². The fraction of sp³-hybridized carbons (Fsp3) is 0.0714. The van der Waals surface area contributed by atoms with Crippen molar-refractivity contribution in [3.05, 3.63) is 69.2 Å². The first kappa shape index (κ1) is 15.6. The van der Waals surface area contributed by atoms with Gasteiger partial charge in [-0.3, -0.25) is 4.79 Å². The topological polar surface area (TPSA) is 17.1 Å². The summed E-state index contributed by atoms with van der Waals surface area (Å²) >= 11 is 2.88. The van der Waals surface area contributed by atoms with Gasteiger partial charge in [-0.05, 0) is 30.3 Å². The van der Waals surface area contributed by atoms with E-state index in [1.54, 1.807) is 0 Å². The van der Waals surface area contributed by atoms with E-state index in [1.807, 2.05) is 0 Å². The number of alkyl halides is 3. The van der Waals surface area contributed by atoms with Crippen LogP contribution in [-0.4, -0.2) is 5.78 Å². The molecule has 0 unspecified atom stereocenters. The van der Waals surface area contributed by atoms with Gasteiger partial charge in [-0.2, -0.15) is 13.2 Å². The number of rotatable bonds is 2. The lowest BCUT2D eigenvalue weighted by molar-refractivity contribution is -0.137. The summed E-state index contributed by atoms with van der Waals surface area (Å²) in [6.45, 7) is 0. The van der Waals surface area contributed by atoms with Crippen LogP contribution in [0.4, 0.5) is 22.0 Å². The Morgan fingerprint density at radius 2 is 1.57 bits per heavy atom. The fourth-order valence-corrected chi connectivity index (χ4v) is 2.13. The molecule has 0 aliphatic rings. The highest BCUT2D eigenvalue weighted by molar-refractivity contribution is 9.10. The van der Waals surface area contributed by atoms with Crippen molar-refractivity contribution in [2.24, 2.45) is 0 Å². The SMILES string of the molecule is O=C(c1ccc(F)cc1F)c1ccc(Br)cc1C(F)(F)F. The molecule has 0 atom stereocenters. The van der Waals surface area contributed by atoms with Crippen molar-refractivity contribution >= 4 is 21.7 Å². The van der Waals surface area contributed by atoms with Gasteiger partial charge in [0.2, 0.25) is 0 Å². The first-order chi connectivity index (χ1) is 9.70. The minimum absolute atomic E-state index is 0.131. The number of carbonyl (C=O) groups is 1. The molecule has 0 spiro atoms. The second kappa shape index (κ2) is 5.55. The maximum absolute atomic E-state index is 13.5. The van der Waals surface area contributed by atoms with Gasteiger partial charge in [0.05, 0.1) is 11.1 Å². The number of hydrogen-bond acceptors (Lipinski definition) is 1. The molecular formula is C14H6BrF5O. The van der Waals surface area contributed by atoms with Crippen molar-refractivity contribution in [1.82, 2.24) is 0 Å². The summed E-state index contributed by atoms with van der Waals surface area (Å²) in [4.78, 5) is 12.1. The monoisotopic (exact) mass is 364 g/mol. The Morgan fingerprint density at radius 3 is 2.14 bits per heavy atom. The third kappa shape index (κ3) is 3.29. The van der Waals surface area contributed by atoms with E-state index in [9.17, 15) is 26.7 Å². The van der Waals surface area contributed by atoms with Crippen LogP contribution in [0.1, 0.15) is 21.5 Å². The van der Waals surface area contributed by atoms with Gasteiger partial charge in [-0.25, -0.2) is 8.78 Å². The molecule has 2 rings (SSSR count). The van der Waals surface area contributed by atoms with E-state index >= 15 is 0 Å². The minimum Gasteiger partial charge on any atom is -0.288 e. The van der Waals surface area contributed by atoms with E-state index in [4.69, 9.17) is 0 Å². The zero-order chi connectivity index (χ0) is 15.8. The van der Waals surface area contributed by atoms with Crippen molar-refractivity contribution in [1.29, 1.82) is 0 Å². The van der Waals surface area contributed by atoms with Crippen LogP contribution in [0.2, 0.25) is 0 Å². The smallest absolute Gasteiger partial charge is 0.288 e. The average molecular weight is 365 g/mol. The van der Waals surface area contributed by atoms with E-state index in [-0.39, 0.29) is 4.47 Å². The van der Waals surface area contributed by atoms with Crippen LogP contribution < -0.4 is 0 Å². The number of carbonyl (C=O) groups excluding carboxylic acids is 1. The summed E-state index contributed by atoms with van der Waals surface area (Å²) in [5.41, 5.74) is -2.51. The highest BCUT2D eigenvalue weighted by Gasteiger charge is 2.36. The van der Waals surface area contributed by atoms with Gasteiger partial charge in [0.1, 0.15) is 11.6 Å². The van der Waals surface area contributed by atoms with Crippen molar-refractivity contribution in [3.63, 3.8) is 0 Å². The summed E-state index contributed by atoms with van der Waals surface area (Å²) in [6.07, 6.45) is -4.77. The zero-order valence-electron chi connectivity index (χ0n) is 10.1. The number of hydrogen-bond donors (Lipinski definition) is 0. The minimum atomic E-state index is -4.77. The molecule has 1 nitrogen and oxygen atoms in total. The summed E-state index contributed by atoms with van der Waals surface area (Å²) in [5, 5.41) is 0. The Labute approximate surface area is 124 Å². The molecule has 0 N–H and O–H groups in total. The van der Waals surface area contributed by atoms with E-state index in [1.165, 1.54) is 6.07 Å². The van der Waals surface area contributed by atoms with Gasteiger partial charge in [0.15, 0.2) is 5.78 Å².